The predicted octanol–water partition coefficient (Wildman–Crippen LogP) is 1.81. The number of hydrogen-bond donors (Lipinski definition) is 0. The molecule has 0 unspecified atom stereocenters. The third-order valence-electron chi connectivity index (χ3n) is 2.11. The van der Waals surface area contributed by atoms with Crippen LogP contribution < -0.4 is 0 Å². The monoisotopic (exact) mass is 203 g/mol. The van der Waals surface area contributed by atoms with Crippen molar-refractivity contribution in [2.75, 3.05) is 12.9 Å². The lowest BCUT2D eigenvalue weighted by Crippen LogP contribution is -2.05. The molecule has 1 aliphatic rings. The molecule has 0 heterocycles. The molecule has 0 atom stereocenters. The Morgan fingerprint density at radius 3 is 2.83 bits per heavy atom. The first kappa shape index (κ1) is 9.82. The predicted molar refractivity (Wildman–Crippen MR) is 56.8 cm³/mol. The second-order valence-electron chi connectivity index (χ2n) is 3.03. The van der Waals surface area contributed by atoms with E-state index in [-0.39, 0.29) is 5.41 Å². The topological polar surface area (TPSA) is 33.0 Å². The average Bonchev–Trinajstić information content (AvgIpc) is 2.85. The van der Waals surface area contributed by atoms with Gasteiger partial charge in [-0.15, -0.1) is 0 Å². The van der Waals surface area contributed by atoms with E-state index >= 15 is 0 Å². The van der Waals surface area contributed by atoms with Crippen molar-refractivity contribution in [1.29, 1.82) is 5.26 Å². The zero-order valence-electron chi connectivity index (χ0n) is 7.09. The third-order valence-corrected chi connectivity index (χ3v) is 3.39. The van der Waals surface area contributed by atoms with Crippen LogP contribution in [-0.4, -0.2) is 17.2 Å². The summed E-state index contributed by atoms with van der Waals surface area (Å²) in [7, 11) is 0. The van der Waals surface area contributed by atoms with E-state index in [4.69, 9.17) is 22.2 Å². The molecule has 68 valence electrons. The molecule has 0 bridgehead atoms. The van der Waals surface area contributed by atoms with E-state index < -0.39 is 0 Å². The molecule has 1 saturated carbocycles. The highest BCUT2D eigenvalue weighted by molar-refractivity contribution is 8.22. The Balaban J connectivity index is 2.11. The zero-order valence-corrected chi connectivity index (χ0v) is 8.91. The largest absolute Gasteiger partial charge is 0.480 e. The number of hydrogen-bond acceptors (Lipinski definition) is 3. The lowest BCUT2D eigenvalue weighted by atomic mass is 10.1. The highest BCUT2D eigenvalue weighted by Crippen LogP contribution is 2.47. The minimum Gasteiger partial charge on any atom is -0.480 e. The number of nitriles is 1. The van der Waals surface area contributed by atoms with Gasteiger partial charge in [0.1, 0.15) is 0 Å². The molecule has 0 saturated heterocycles. The Labute approximate surface area is 82.3 Å². The van der Waals surface area contributed by atoms with Crippen LogP contribution in [0.2, 0.25) is 0 Å². The molecule has 0 spiro atoms. The number of thiocarbonyl (C=S) groups is 1. The lowest BCUT2D eigenvalue weighted by Gasteiger charge is -2.07. The van der Waals surface area contributed by atoms with Crippen LogP contribution in [0.5, 0.6) is 0 Å². The Hall–Kier alpha value is -0.270. The van der Waals surface area contributed by atoms with E-state index in [1.165, 1.54) is 0 Å². The molecule has 0 aliphatic heterocycles. The van der Waals surface area contributed by atoms with Gasteiger partial charge in [-0.1, -0.05) is 0 Å². The quantitative estimate of drug-likeness (QED) is 0.656. The summed E-state index contributed by atoms with van der Waals surface area (Å²) < 4.78 is 5.95. The van der Waals surface area contributed by atoms with Crippen LogP contribution >= 0.6 is 24.0 Å². The van der Waals surface area contributed by atoms with Gasteiger partial charge in [-0.3, -0.25) is 0 Å². The maximum absolute atomic E-state index is 8.74. The van der Waals surface area contributed by atoms with Crippen molar-refractivity contribution in [1.82, 2.24) is 0 Å². The molecule has 0 aromatic carbocycles. The molecule has 4 heteroatoms. The third kappa shape index (κ3) is 2.65. The van der Waals surface area contributed by atoms with Crippen molar-refractivity contribution >= 4 is 28.4 Å². The van der Waals surface area contributed by atoms with Crippen molar-refractivity contribution in [2.45, 2.75) is 19.3 Å². The van der Waals surface area contributed by atoms with E-state index in [1.807, 2.05) is 6.26 Å². The maximum Gasteiger partial charge on any atom is 0.196 e. The van der Waals surface area contributed by atoms with Crippen LogP contribution in [0, 0.1) is 16.7 Å². The molecule has 0 amide bonds. The molecule has 0 N–H and O–H groups in total. The summed E-state index contributed by atoms with van der Waals surface area (Å²) in [4.78, 5) is 0. The van der Waals surface area contributed by atoms with Crippen LogP contribution in [0.1, 0.15) is 19.3 Å². The van der Waals surface area contributed by atoms with E-state index in [0.717, 1.165) is 19.3 Å². The van der Waals surface area contributed by atoms with Gasteiger partial charge >= 0.3 is 0 Å². The second kappa shape index (κ2) is 4.11. The summed E-state index contributed by atoms with van der Waals surface area (Å²) in [5, 5.41) is 8.74. The first-order chi connectivity index (χ1) is 5.72. The minimum atomic E-state index is -0.0491. The number of nitrogens with zero attached hydrogens (tertiary/aromatic N) is 1. The Bertz CT molecular complexity index is 218. The first-order valence-corrected chi connectivity index (χ1v) is 5.89. The van der Waals surface area contributed by atoms with Gasteiger partial charge in [-0.05, 0) is 31.3 Å². The smallest absolute Gasteiger partial charge is 0.196 e. The minimum absolute atomic E-state index is 0.0491. The highest BCUT2D eigenvalue weighted by atomic mass is 32.2. The molecule has 1 aliphatic carbocycles. The summed E-state index contributed by atoms with van der Waals surface area (Å²) >= 11 is 5.48. The average molecular weight is 203 g/mol. The van der Waals surface area contributed by atoms with Crippen molar-refractivity contribution in [3.05, 3.63) is 0 Å². The van der Waals surface area contributed by atoms with Gasteiger partial charge in [0.2, 0.25) is 0 Å². The zero-order chi connectivity index (χ0) is 9.03. The van der Waals surface area contributed by atoms with Gasteiger partial charge < -0.3 is 4.74 Å². The van der Waals surface area contributed by atoms with Gasteiger partial charge in [0.25, 0.3) is 0 Å². The molecular formula is C8H13NOS2. The normalized spacial score (nSPS) is 19.7. The van der Waals surface area contributed by atoms with Gasteiger partial charge in [-0.2, -0.15) is 17.0 Å². The van der Waals surface area contributed by atoms with Gasteiger partial charge in [0, 0.05) is 6.42 Å². The van der Waals surface area contributed by atoms with Crippen molar-refractivity contribution in [3.63, 3.8) is 0 Å². The fourth-order valence-electron chi connectivity index (χ4n) is 0.980. The SMILES string of the molecule is C[SH2]C(=S)OCCC1(C#N)CC1. The van der Waals surface area contributed by atoms with E-state index in [0.29, 0.717) is 22.8 Å². The Morgan fingerprint density at radius 2 is 2.42 bits per heavy atom. The van der Waals surface area contributed by atoms with Crippen LogP contribution in [0.3, 0.4) is 0 Å². The lowest BCUT2D eigenvalue weighted by molar-refractivity contribution is 0.291. The number of rotatable bonds is 3. The summed E-state index contributed by atoms with van der Waals surface area (Å²) in [6, 6.07) is 2.32. The van der Waals surface area contributed by atoms with Crippen LogP contribution in [0.25, 0.3) is 0 Å². The molecule has 2 nitrogen and oxygen atoms in total. The summed E-state index contributed by atoms with van der Waals surface area (Å²) in [6.07, 6.45) is 4.91. The van der Waals surface area contributed by atoms with Gasteiger partial charge in [-0.25, -0.2) is 0 Å². The fourth-order valence-corrected chi connectivity index (χ4v) is 1.31. The fraction of sp³-hybridized carbons (Fsp3) is 0.750. The van der Waals surface area contributed by atoms with E-state index in [1.54, 1.807) is 0 Å². The van der Waals surface area contributed by atoms with Crippen LogP contribution in [-0.2, 0) is 4.74 Å². The summed E-state index contributed by atoms with van der Waals surface area (Å²) in [6.45, 7) is 0.618. The van der Waals surface area contributed by atoms with Gasteiger partial charge in [0.05, 0.1) is 18.1 Å². The summed E-state index contributed by atoms with van der Waals surface area (Å²) in [5.41, 5.74) is -0.0491. The molecule has 0 aromatic heterocycles. The Morgan fingerprint density at radius 1 is 1.75 bits per heavy atom. The highest BCUT2D eigenvalue weighted by Gasteiger charge is 2.42. The molecule has 12 heavy (non-hydrogen) atoms. The maximum atomic E-state index is 8.74. The molecule has 1 rings (SSSR count). The van der Waals surface area contributed by atoms with Crippen molar-refractivity contribution < 1.29 is 4.74 Å². The van der Waals surface area contributed by atoms with Crippen molar-refractivity contribution in [2.24, 2.45) is 5.41 Å². The summed E-state index contributed by atoms with van der Waals surface area (Å²) in [5.74, 6) is 0. The molecule has 0 radical (unpaired) electrons. The molecule has 0 aromatic rings. The second-order valence-corrected chi connectivity index (χ2v) is 4.72. The first-order valence-electron chi connectivity index (χ1n) is 3.98. The van der Waals surface area contributed by atoms with Gasteiger partial charge in [0.15, 0.2) is 4.38 Å². The van der Waals surface area contributed by atoms with Crippen LogP contribution in [0.4, 0.5) is 0 Å². The standard InChI is InChI=1S/C8H13NOS2/c1-12-7(11)10-5-4-8(6-9)2-3-8/h2-5,12H2,1H3. The number of ether oxygens (including phenoxy) is 1. The Kier molecular flexibility index (Phi) is 3.36. The van der Waals surface area contributed by atoms with Crippen LogP contribution in [0.15, 0.2) is 0 Å². The molecular weight excluding hydrogens is 190 g/mol. The van der Waals surface area contributed by atoms with Crippen molar-refractivity contribution in [3.8, 4) is 6.07 Å². The van der Waals surface area contributed by atoms with E-state index in [9.17, 15) is 0 Å². The van der Waals surface area contributed by atoms with E-state index in [2.05, 4.69) is 6.07 Å². The molecule has 1 fully saturated rings.